The SMILES string of the molecule is O=C(NCC(=O)N(Cc1ccccc1Cl)C(C(=O)NCC1CCCO1)c1ccccc1)c1cccs1. The van der Waals surface area contributed by atoms with Crippen LogP contribution in [-0.2, 0) is 20.9 Å². The van der Waals surface area contributed by atoms with Crippen LogP contribution in [0, 0.1) is 0 Å². The first-order valence-electron chi connectivity index (χ1n) is 11.8. The van der Waals surface area contributed by atoms with Gasteiger partial charge in [-0.1, -0.05) is 66.2 Å². The van der Waals surface area contributed by atoms with Crippen molar-refractivity contribution in [2.24, 2.45) is 0 Å². The molecule has 1 fully saturated rings. The number of nitrogens with one attached hydrogen (secondary N) is 2. The van der Waals surface area contributed by atoms with E-state index in [2.05, 4.69) is 10.6 Å². The highest BCUT2D eigenvalue weighted by Crippen LogP contribution is 2.26. The van der Waals surface area contributed by atoms with Crippen molar-refractivity contribution in [1.82, 2.24) is 15.5 Å². The molecule has 3 aromatic rings. The number of amides is 3. The number of ether oxygens (including phenoxy) is 1. The maximum absolute atomic E-state index is 13.6. The van der Waals surface area contributed by atoms with E-state index in [9.17, 15) is 14.4 Å². The van der Waals surface area contributed by atoms with E-state index in [-0.39, 0.29) is 31.0 Å². The number of carbonyl (C=O) groups is 3. The molecule has 2 atom stereocenters. The van der Waals surface area contributed by atoms with E-state index in [1.54, 1.807) is 23.6 Å². The van der Waals surface area contributed by atoms with Gasteiger partial charge in [-0.25, -0.2) is 0 Å². The van der Waals surface area contributed by atoms with Gasteiger partial charge in [-0.05, 0) is 41.5 Å². The number of nitrogens with zero attached hydrogens (tertiary/aromatic N) is 1. The number of hydrogen-bond acceptors (Lipinski definition) is 5. The molecule has 1 aliphatic heterocycles. The second-order valence-corrected chi connectivity index (χ2v) is 9.82. The standard InChI is InChI=1S/C27H28ClN3O4S/c28-22-12-5-4-10-20(22)18-31(24(32)17-30-26(33)23-13-7-15-36-23)25(19-8-2-1-3-9-19)27(34)29-16-21-11-6-14-35-21/h1-5,7-10,12-13,15,21,25H,6,11,14,16-18H2,(H,29,34)(H,30,33). The molecule has 3 amide bonds. The largest absolute Gasteiger partial charge is 0.376 e. The summed E-state index contributed by atoms with van der Waals surface area (Å²) in [6, 6.07) is 18.9. The van der Waals surface area contributed by atoms with Crippen LogP contribution in [0.1, 0.15) is 39.7 Å². The van der Waals surface area contributed by atoms with E-state index >= 15 is 0 Å². The Kier molecular flexibility index (Phi) is 9.11. The zero-order valence-electron chi connectivity index (χ0n) is 19.7. The first kappa shape index (κ1) is 25.9. The molecule has 2 unspecified atom stereocenters. The Morgan fingerprint density at radius 3 is 2.50 bits per heavy atom. The number of thiophene rings is 1. The van der Waals surface area contributed by atoms with Crippen LogP contribution in [-0.4, -0.2) is 48.4 Å². The van der Waals surface area contributed by atoms with Crippen LogP contribution in [0.2, 0.25) is 5.02 Å². The Hall–Kier alpha value is -3.20. The minimum absolute atomic E-state index is 0.0387. The lowest BCUT2D eigenvalue weighted by Gasteiger charge is -2.32. The highest BCUT2D eigenvalue weighted by Gasteiger charge is 2.32. The number of rotatable bonds is 10. The van der Waals surface area contributed by atoms with E-state index < -0.39 is 11.9 Å². The van der Waals surface area contributed by atoms with Gasteiger partial charge in [0.25, 0.3) is 5.91 Å². The molecule has 1 saturated heterocycles. The van der Waals surface area contributed by atoms with Crippen molar-refractivity contribution in [2.75, 3.05) is 19.7 Å². The van der Waals surface area contributed by atoms with Crippen LogP contribution < -0.4 is 10.6 Å². The Bertz CT molecular complexity index is 1170. The van der Waals surface area contributed by atoms with Gasteiger partial charge in [-0.3, -0.25) is 14.4 Å². The summed E-state index contributed by atoms with van der Waals surface area (Å²) < 4.78 is 5.65. The number of carbonyl (C=O) groups excluding carboxylic acids is 3. The average molecular weight is 526 g/mol. The van der Waals surface area contributed by atoms with Crippen LogP contribution in [0.3, 0.4) is 0 Å². The van der Waals surface area contributed by atoms with Crippen LogP contribution in [0.15, 0.2) is 72.1 Å². The van der Waals surface area contributed by atoms with E-state index in [0.717, 1.165) is 12.8 Å². The summed E-state index contributed by atoms with van der Waals surface area (Å²) in [5, 5.41) is 7.94. The van der Waals surface area contributed by atoms with Gasteiger partial charge >= 0.3 is 0 Å². The summed E-state index contributed by atoms with van der Waals surface area (Å²) in [5.41, 5.74) is 1.36. The van der Waals surface area contributed by atoms with Gasteiger partial charge in [0.1, 0.15) is 6.04 Å². The molecule has 4 rings (SSSR count). The summed E-state index contributed by atoms with van der Waals surface area (Å²) in [6.45, 7) is 0.888. The Morgan fingerprint density at radius 2 is 1.81 bits per heavy atom. The second kappa shape index (κ2) is 12.7. The van der Waals surface area contributed by atoms with Gasteiger partial charge in [-0.15, -0.1) is 11.3 Å². The predicted molar refractivity (Wildman–Crippen MR) is 140 cm³/mol. The Balaban J connectivity index is 1.60. The molecular weight excluding hydrogens is 498 g/mol. The molecule has 188 valence electrons. The molecule has 2 heterocycles. The van der Waals surface area contributed by atoms with Crippen molar-refractivity contribution >= 4 is 40.7 Å². The zero-order valence-corrected chi connectivity index (χ0v) is 21.3. The van der Waals surface area contributed by atoms with Crippen molar-refractivity contribution in [1.29, 1.82) is 0 Å². The van der Waals surface area contributed by atoms with Gasteiger partial charge in [0.2, 0.25) is 11.8 Å². The van der Waals surface area contributed by atoms with Gasteiger partial charge in [0.15, 0.2) is 0 Å². The lowest BCUT2D eigenvalue weighted by molar-refractivity contribution is -0.141. The van der Waals surface area contributed by atoms with E-state index in [4.69, 9.17) is 16.3 Å². The third kappa shape index (κ3) is 6.72. The molecule has 0 bridgehead atoms. The molecule has 1 aromatic heterocycles. The lowest BCUT2D eigenvalue weighted by atomic mass is 10.0. The van der Waals surface area contributed by atoms with Crippen molar-refractivity contribution < 1.29 is 19.1 Å². The third-order valence-electron chi connectivity index (χ3n) is 5.97. The minimum Gasteiger partial charge on any atom is -0.376 e. The molecule has 0 saturated carbocycles. The molecule has 1 aliphatic rings. The quantitative estimate of drug-likeness (QED) is 0.415. The van der Waals surface area contributed by atoms with Gasteiger partial charge < -0.3 is 20.3 Å². The molecule has 36 heavy (non-hydrogen) atoms. The monoisotopic (exact) mass is 525 g/mol. The van der Waals surface area contributed by atoms with E-state index in [1.807, 2.05) is 48.5 Å². The van der Waals surface area contributed by atoms with Crippen molar-refractivity contribution in [2.45, 2.75) is 31.5 Å². The molecule has 7 nitrogen and oxygen atoms in total. The zero-order chi connectivity index (χ0) is 25.3. The first-order valence-corrected chi connectivity index (χ1v) is 13.1. The van der Waals surface area contributed by atoms with Gasteiger partial charge in [0, 0.05) is 24.7 Å². The number of benzene rings is 2. The highest BCUT2D eigenvalue weighted by molar-refractivity contribution is 7.12. The van der Waals surface area contributed by atoms with Gasteiger partial charge in [-0.2, -0.15) is 0 Å². The van der Waals surface area contributed by atoms with Crippen LogP contribution in [0.4, 0.5) is 0 Å². The number of halogens is 1. The summed E-state index contributed by atoms with van der Waals surface area (Å²) in [6.07, 6.45) is 1.81. The summed E-state index contributed by atoms with van der Waals surface area (Å²) >= 11 is 7.71. The smallest absolute Gasteiger partial charge is 0.261 e. The minimum atomic E-state index is -0.921. The molecule has 2 N–H and O–H groups in total. The topological polar surface area (TPSA) is 87.7 Å². The van der Waals surface area contributed by atoms with Crippen LogP contribution in [0.5, 0.6) is 0 Å². The summed E-state index contributed by atoms with van der Waals surface area (Å²) in [5.74, 6) is -1.06. The second-order valence-electron chi connectivity index (χ2n) is 8.47. The van der Waals surface area contributed by atoms with E-state index in [0.29, 0.717) is 34.2 Å². The van der Waals surface area contributed by atoms with Crippen molar-refractivity contribution in [3.05, 3.63) is 93.1 Å². The molecule has 9 heteroatoms. The molecule has 0 spiro atoms. The fourth-order valence-electron chi connectivity index (χ4n) is 4.11. The molecule has 0 aliphatic carbocycles. The molecule has 2 aromatic carbocycles. The van der Waals surface area contributed by atoms with Crippen LogP contribution >= 0.6 is 22.9 Å². The maximum Gasteiger partial charge on any atom is 0.261 e. The van der Waals surface area contributed by atoms with Gasteiger partial charge in [0.05, 0.1) is 17.5 Å². The average Bonchev–Trinajstić information content (AvgIpc) is 3.62. The third-order valence-corrected chi connectivity index (χ3v) is 7.20. The summed E-state index contributed by atoms with van der Waals surface area (Å²) in [4.78, 5) is 41.6. The van der Waals surface area contributed by atoms with Crippen LogP contribution in [0.25, 0.3) is 0 Å². The fraction of sp³-hybridized carbons (Fsp3) is 0.296. The predicted octanol–water partition coefficient (Wildman–Crippen LogP) is 4.20. The molecule has 0 radical (unpaired) electrons. The Morgan fingerprint density at radius 1 is 1.03 bits per heavy atom. The van der Waals surface area contributed by atoms with E-state index in [1.165, 1.54) is 16.2 Å². The maximum atomic E-state index is 13.6. The Labute approximate surface area is 219 Å². The first-order chi connectivity index (χ1) is 17.5. The lowest BCUT2D eigenvalue weighted by Crippen LogP contribution is -2.48. The normalized spacial score (nSPS) is 15.8. The summed E-state index contributed by atoms with van der Waals surface area (Å²) in [7, 11) is 0. The molecular formula is C27H28ClN3O4S. The highest BCUT2D eigenvalue weighted by atomic mass is 35.5. The van der Waals surface area contributed by atoms with Crippen molar-refractivity contribution in [3.63, 3.8) is 0 Å². The fourth-order valence-corrected chi connectivity index (χ4v) is 4.95. The number of hydrogen-bond donors (Lipinski definition) is 2. The van der Waals surface area contributed by atoms with Crippen molar-refractivity contribution in [3.8, 4) is 0 Å².